The van der Waals surface area contributed by atoms with Crippen LogP contribution in [0.5, 0.6) is 0 Å². The van der Waals surface area contributed by atoms with E-state index in [9.17, 15) is 13.0 Å². The van der Waals surface area contributed by atoms with E-state index in [4.69, 9.17) is 4.93 Å². The minimum absolute atomic E-state index is 0.0202. The molecule has 0 amide bonds. The quantitative estimate of drug-likeness (QED) is 0.714. The summed E-state index contributed by atoms with van der Waals surface area (Å²) in [5, 5.41) is 0. The second-order valence-electron chi connectivity index (χ2n) is 3.21. The molecule has 0 aromatic heterocycles. The molecule has 1 aliphatic rings. The van der Waals surface area contributed by atoms with Gasteiger partial charge in [-0.05, 0) is 0 Å². The Labute approximate surface area is 94.6 Å². The van der Waals surface area contributed by atoms with Crippen molar-refractivity contribution in [3.63, 3.8) is 0 Å². The average Bonchev–Trinajstić information content (AvgIpc) is 2.34. The first kappa shape index (κ1) is 11.3. The first-order chi connectivity index (χ1) is 7.32. The van der Waals surface area contributed by atoms with Gasteiger partial charge >= 0.3 is 94.6 Å². The van der Waals surface area contributed by atoms with Gasteiger partial charge in [0.1, 0.15) is 0 Å². The summed E-state index contributed by atoms with van der Waals surface area (Å²) in [6, 6.07) is 5.89. The van der Waals surface area contributed by atoms with Crippen LogP contribution in [0.25, 0.3) is 0 Å². The number of rotatable bonds is 1. The molecule has 86 valence electrons. The molecule has 16 heavy (non-hydrogen) atoms. The molecule has 0 atom stereocenters. The molecule has 2 radical (unpaired) electrons. The molecule has 0 saturated heterocycles. The third-order valence-corrected chi connectivity index (χ3v) is 7.65. The first-order valence-corrected chi connectivity index (χ1v) is 9.23. The summed E-state index contributed by atoms with van der Waals surface area (Å²) >= 11 is -5.73. The first-order valence-electron chi connectivity index (χ1n) is 4.26. The fourth-order valence-electron chi connectivity index (χ4n) is 1.40. The fourth-order valence-corrected chi connectivity index (χ4v) is 6.44. The molecule has 0 bridgehead atoms. The van der Waals surface area contributed by atoms with Crippen molar-refractivity contribution < 1.29 is 19.2 Å². The van der Waals surface area contributed by atoms with Crippen LogP contribution in [-0.2, 0) is 10.9 Å². The Balaban J connectivity index is 2.62. The monoisotopic (exact) mass is 335 g/mol. The average molecular weight is 335 g/mol. The van der Waals surface area contributed by atoms with E-state index in [2.05, 4.69) is 6.13 Å². The van der Waals surface area contributed by atoms with E-state index in [1.165, 1.54) is 18.2 Å². The Morgan fingerprint density at radius 3 is 2.75 bits per heavy atom. The van der Waals surface area contributed by atoms with Crippen molar-refractivity contribution in [2.45, 2.75) is 6.92 Å². The molecule has 2 rings (SSSR count). The summed E-state index contributed by atoms with van der Waals surface area (Å²) < 4.78 is 21.6. The predicted octanol–water partition coefficient (Wildman–Crippen LogP) is 0.941. The van der Waals surface area contributed by atoms with E-state index < -0.39 is 30.2 Å². The second-order valence-corrected chi connectivity index (χ2v) is 9.80. The molecule has 0 fully saturated rings. The Bertz CT molecular complexity index is 488. The summed E-state index contributed by atoms with van der Waals surface area (Å²) in [5.41, 5.74) is 0.0790. The predicted molar refractivity (Wildman–Crippen MR) is 60.6 cm³/mol. The molecule has 0 saturated carbocycles. The molecule has 6 heteroatoms. The number of carbonyl (C=O) groups excluding carboxylic acids is 2. The number of fused-ring (bicyclic) bond motifs is 1. The number of hydrogen-bond acceptors (Lipinski definition) is 5. The van der Waals surface area contributed by atoms with Crippen LogP contribution in [0.4, 0.5) is 0 Å². The Kier molecular flexibility index (Phi) is 2.25. The maximum absolute atomic E-state index is 12.4. The second kappa shape index (κ2) is 3.17. The molecule has 0 unspecified atom stereocenters. The number of benzene rings is 1. The summed E-state index contributed by atoms with van der Waals surface area (Å²) in [6.07, 6.45) is 0. The van der Waals surface area contributed by atoms with Crippen molar-refractivity contribution in [2.24, 2.45) is 0 Å². The van der Waals surface area contributed by atoms with E-state index >= 15 is 0 Å². The van der Waals surface area contributed by atoms with Crippen molar-refractivity contribution in [1.82, 2.24) is 0 Å². The van der Waals surface area contributed by atoms with Crippen LogP contribution in [-0.4, -0.2) is 11.9 Å². The third-order valence-electron chi connectivity index (χ3n) is 1.93. The van der Waals surface area contributed by atoms with Crippen molar-refractivity contribution in [2.75, 3.05) is 0 Å². The van der Waals surface area contributed by atoms with Crippen molar-refractivity contribution in [3.05, 3.63) is 38.3 Å². The topological polar surface area (TPSA) is 75.7 Å². The van der Waals surface area contributed by atoms with Crippen molar-refractivity contribution in [3.8, 4) is 0 Å². The summed E-state index contributed by atoms with van der Waals surface area (Å²) in [7, 11) is 0. The molecule has 0 N–H and O–H groups in total. The molecule has 1 aliphatic heterocycles. The van der Waals surface area contributed by atoms with Gasteiger partial charge in [0.2, 0.25) is 0 Å². The SMILES string of the molecule is [CH]I1([O-])(OC(C)=O)OC(=O)c2ccccc21. The van der Waals surface area contributed by atoms with E-state index in [-0.39, 0.29) is 9.13 Å². The molecule has 1 heterocycles. The third kappa shape index (κ3) is 1.57. The number of halogens is 1. The zero-order chi connectivity index (χ0) is 12.0. The van der Waals surface area contributed by atoms with Crippen LogP contribution in [0.15, 0.2) is 24.3 Å². The van der Waals surface area contributed by atoms with Gasteiger partial charge in [0, 0.05) is 0 Å². The van der Waals surface area contributed by atoms with Gasteiger partial charge in [-0.2, -0.15) is 0 Å². The van der Waals surface area contributed by atoms with Gasteiger partial charge in [-0.15, -0.1) is 0 Å². The van der Waals surface area contributed by atoms with Crippen LogP contribution in [0.1, 0.15) is 17.3 Å². The van der Waals surface area contributed by atoms with Gasteiger partial charge in [0.05, 0.1) is 0 Å². The van der Waals surface area contributed by atoms with Gasteiger partial charge in [-0.1, -0.05) is 0 Å². The normalized spacial score (nSPS) is 22.4. The standard InChI is InChI=1S/C10H8IO5/c1-7(12)15-11(2,14)9-6-4-3-5-8(9)10(13)16-11/h2-6H,1H3/q-1. The van der Waals surface area contributed by atoms with E-state index in [0.717, 1.165) is 6.92 Å². The maximum atomic E-state index is 12.4. The molecule has 5 nitrogen and oxygen atoms in total. The van der Waals surface area contributed by atoms with Gasteiger partial charge in [0.25, 0.3) is 0 Å². The van der Waals surface area contributed by atoms with Crippen molar-refractivity contribution >= 4 is 30.2 Å². The Morgan fingerprint density at radius 2 is 2.12 bits per heavy atom. The molecule has 0 aliphatic carbocycles. The molecule has 0 spiro atoms. The van der Waals surface area contributed by atoms with E-state index in [0.29, 0.717) is 0 Å². The van der Waals surface area contributed by atoms with Crippen LogP contribution in [0, 0.1) is 8.50 Å². The molecular formula is C10H8IO5-. The summed E-state index contributed by atoms with van der Waals surface area (Å²) in [5.74, 6) is -1.68. The van der Waals surface area contributed by atoms with Crippen molar-refractivity contribution in [1.29, 1.82) is 0 Å². The molecule has 1 aromatic carbocycles. The van der Waals surface area contributed by atoms with Gasteiger partial charge in [-0.25, -0.2) is 0 Å². The molecular weight excluding hydrogens is 327 g/mol. The zero-order valence-corrected chi connectivity index (χ0v) is 10.5. The zero-order valence-electron chi connectivity index (χ0n) is 8.31. The van der Waals surface area contributed by atoms with Gasteiger partial charge in [-0.3, -0.25) is 0 Å². The van der Waals surface area contributed by atoms with Crippen LogP contribution >= 0.6 is 18.3 Å². The Morgan fingerprint density at radius 1 is 1.50 bits per heavy atom. The van der Waals surface area contributed by atoms with Crippen LogP contribution < -0.4 is 3.44 Å². The molecule has 1 aromatic rings. The summed E-state index contributed by atoms with van der Waals surface area (Å²) in [4.78, 5) is 27.8. The van der Waals surface area contributed by atoms with Crippen LogP contribution in [0.3, 0.4) is 0 Å². The number of hydrogen-bond donors (Lipinski definition) is 0. The van der Waals surface area contributed by atoms with Gasteiger partial charge in [0.15, 0.2) is 0 Å². The van der Waals surface area contributed by atoms with E-state index in [1.807, 2.05) is 0 Å². The Hall–Kier alpha value is -1.15. The van der Waals surface area contributed by atoms with E-state index in [1.54, 1.807) is 6.07 Å². The fraction of sp³-hybridized carbons (Fsp3) is 0.100. The number of carbonyl (C=O) groups is 2. The minimum atomic E-state index is -5.73. The van der Waals surface area contributed by atoms with Crippen LogP contribution in [0.2, 0.25) is 0 Å². The van der Waals surface area contributed by atoms with Gasteiger partial charge < -0.3 is 0 Å². The summed E-state index contributed by atoms with van der Waals surface area (Å²) in [6.45, 7) is 1.05.